The molecule has 1 aliphatic heterocycles. The second kappa shape index (κ2) is 4.67. The van der Waals surface area contributed by atoms with Crippen LogP contribution < -0.4 is 5.32 Å². The monoisotopic (exact) mass is 271 g/mol. The molecular weight excluding hydrogens is 250 g/mol. The lowest BCUT2D eigenvalue weighted by Crippen LogP contribution is -2.72. The predicted octanol–water partition coefficient (Wildman–Crippen LogP) is 1.53. The van der Waals surface area contributed by atoms with Gasteiger partial charge < -0.3 is 19.9 Å². The number of hydrogen-bond donors (Lipinski definition) is 2. The number of fused-ring (bicyclic) bond motifs is 1. The second-order valence-corrected chi connectivity index (χ2v) is 6.27. The molecular formula is C13H21NO5. The van der Waals surface area contributed by atoms with Gasteiger partial charge >= 0.3 is 12.1 Å². The number of hydrogen-bond acceptors (Lipinski definition) is 4. The Morgan fingerprint density at radius 3 is 2.63 bits per heavy atom. The normalized spacial score (nSPS) is 33.8. The van der Waals surface area contributed by atoms with Crippen LogP contribution in [0.1, 0.15) is 40.0 Å². The van der Waals surface area contributed by atoms with E-state index >= 15 is 0 Å². The van der Waals surface area contributed by atoms with Crippen LogP contribution in [0.15, 0.2) is 0 Å². The van der Waals surface area contributed by atoms with Gasteiger partial charge in [-0.2, -0.15) is 0 Å². The molecule has 2 fully saturated rings. The first-order valence-electron chi connectivity index (χ1n) is 6.61. The Morgan fingerprint density at radius 2 is 2.11 bits per heavy atom. The maximum atomic E-state index is 11.8. The van der Waals surface area contributed by atoms with Crippen molar-refractivity contribution in [2.45, 2.75) is 57.3 Å². The van der Waals surface area contributed by atoms with Gasteiger partial charge in [-0.1, -0.05) is 0 Å². The molecule has 1 heterocycles. The van der Waals surface area contributed by atoms with E-state index in [0.717, 1.165) is 12.8 Å². The van der Waals surface area contributed by atoms with Crippen LogP contribution in [0.4, 0.5) is 4.79 Å². The van der Waals surface area contributed by atoms with E-state index in [1.165, 1.54) is 0 Å². The highest BCUT2D eigenvalue weighted by molar-refractivity contribution is 5.86. The summed E-state index contributed by atoms with van der Waals surface area (Å²) in [4.78, 5) is 23.3. The standard InChI is InChI=1S/C13H21NO5/c1-12(2,3)19-11(17)14-13(10(15)16)7-9-8(13)5-4-6-18-9/h8-9H,4-7H2,1-3H3,(H,14,17)(H,15,16)/t8-,9-,13+/m0/s1. The van der Waals surface area contributed by atoms with Crippen molar-refractivity contribution in [2.24, 2.45) is 5.92 Å². The predicted molar refractivity (Wildman–Crippen MR) is 66.8 cm³/mol. The average Bonchev–Trinajstić information content (AvgIpc) is 2.22. The highest BCUT2D eigenvalue weighted by Crippen LogP contribution is 2.46. The molecule has 1 amide bonds. The van der Waals surface area contributed by atoms with Gasteiger partial charge in [0, 0.05) is 18.9 Å². The van der Waals surface area contributed by atoms with Gasteiger partial charge in [0.05, 0.1) is 6.10 Å². The van der Waals surface area contributed by atoms with Gasteiger partial charge in [-0.15, -0.1) is 0 Å². The molecule has 1 saturated carbocycles. The maximum absolute atomic E-state index is 11.8. The lowest BCUT2D eigenvalue weighted by Gasteiger charge is -2.53. The summed E-state index contributed by atoms with van der Waals surface area (Å²) >= 11 is 0. The van der Waals surface area contributed by atoms with Gasteiger partial charge in [0.25, 0.3) is 0 Å². The molecule has 0 unspecified atom stereocenters. The lowest BCUT2D eigenvalue weighted by atomic mass is 9.61. The summed E-state index contributed by atoms with van der Waals surface area (Å²) in [5.74, 6) is -1.17. The number of nitrogens with one attached hydrogen (secondary N) is 1. The van der Waals surface area contributed by atoms with Crippen molar-refractivity contribution >= 4 is 12.1 Å². The van der Waals surface area contributed by atoms with Crippen molar-refractivity contribution in [1.29, 1.82) is 0 Å². The van der Waals surface area contributed by atoms with Crippen molar-refractivity contribution in [3.63, 3.8) is 0 Å². The van der Waals surface area contributed by atoms with E-state index in [-0.39, 0.29) is 12.0 Å². The molecule has 6 nitrogen and oxygen atoms in total. The number of alkyl carbamates (subject to hydrolysis) is 1. The molecule has 108 valence electrons. The van der Waals surface area contributed by atoms with E-state index in [9.17, 15) is 14.7 Å². The summed E-state index contributed by atoms with van der Waals surface area (Å²) in [6, 6.07) is 0. The number of carboxylic acid groups (broad SMARTS) is 1. The highest BCUT2D eigenvalue weighted by atomic mass is 16.6. The molecule has 1 saturated heterocycles. The van der Waals surface area contributed by atoms with Gasteiger partial charge in [0.15, 0.2) is 0 Å². The largest absolute Gasteiger partial charge is 0.479 e. The van der Waals surface area contributed by atoms with E-state index in [1.54, 1.807) is 20.8 Å². The fraction of sp³-hybridized carbons (Fsp3) is 0.846. The van der Waals surface area contributed by atoms with Gasteiger partial charge in [-0.25, -0.2) is 9.59 Å². The summed E-state index contributed by atoms with van der Waals surface area (Å²) in [6.45, 7) is 5.90. The van der Waals surface area contributed by atoms with Crippen LogP contribution >= 0.6 is 0 Å². The number of carbonyl (C=O) groups is 2. The molecule has 19 heavy (non-hydrogen) atoms. The van der Waals surface area contributed by atoms with Crippen molar-refractivity contribution < 1.29 is 24.2 Å². The first-order chi connectivity index (χ1) is 8.74. The zero-order chi connectivity index (χ0) is 14.3. The van der Waals surface area contributed by atoms with Crippen molar-refractivity contribution in [2.75, 3.05) is 6.61 Å². The number of aliphatic carboxylic acids is 1. The van der Waals surface area contributed by atoms with E-state index < -0.39 is 23.2 Å². The summed E-state index contributed by atoms with van der Waals surface area (Å²) in [5, 5.41) is 12.0. The molecule has 0 aromatic carbocycles. The molecule has 0 aromatic rings. The third kappa shape index (κ3) is 2.68. The zero-order valence-electron chi connectivity index (χ0n) is 11.6. The smallest absolute Gasteiger partial charge is 0.408 e. The fourth-order valence-electron chi connectivity index (χ4n) is 2.84. The topological polar surface area (TPSA) is 84.9 Å². The molecule has 0 aromatic heterocycles. The van der Waals surface area contributed by atoms with Crippen molar-refractivity contribution in [3.8, 4) is 0 Å². The van der Waals surface area contributed by atoms with Gasteiger partial charge in [-0.3, -0.25) is 0 Å². The SMILES string of the molecule is CC(C)(C)OC(=O)N[C@]1(C(=O)O)C[C@@H]2OCCC[C@@H]21. The maximum Gasteiger partial charge on any atom is 0.408 e. The van der Waals surface area contributed by atoms with Crippen LogP contribution in [0.25, 0.3) is 0 Å². The third-order valence-corrected chi connectivity index (χ3v) is 3.70. The summed E-state index contributed by atoms with van der Waals surface area (Å²) in [7, 11) is 0. The van der Waals surface area contributed by atoms with Crippen LogP contribution in [0.5, 0.6) is 0 Å². The molecule has 2 rings (SSSR count). The molecule has 3 atom stereocenters. The number of carboxylic acids is 1. The van der Waals surface area contributed by atoms with Crippen LogP contribution in [0, 0.1) is 5.92 Å². The van der Waals surface area contributed by atoms with Crippen molar-refractivity contribution in [1.82, 2.24) is 5.32 Å². The number of ether oxygens (including phenoxy) is 2. The summed E-state index contributed by atoms with van der Waals surface area (Å²) in [5.41, 5.74) is -1.87. The lowest BCUT2D eigenvalue weighted by molar-refractivity contribution is -0.181. The van der Waals surface area contributed by atoms with Crippen LogP contribution in [0.3, 0.4) is 0 Å². The molecule has 6 heteroatoms. The minimum atomic E-state index is -1.23. The van der Waals surface area contributed by atoms with Crippen LogP contribution in [-0.2, 0) is 14.3 Å². The van der Waals surface area contributed by atoms with E-state index in [1.807, 2.05) is 0 Å². The number of amides is 1. The molecule has 0 radical (unpaired) electrons. The fourth-order valence-corrected chi connectivity index (χ4v) is 2.84. The molecule has 1 aliphatic carbocycles. The average molecular weight is 271 g/mol. The molecule has 0 spiro atoms. The van der Waals surface area contributed by atoms with Gasteiger partial charge in [0.2, 0.25) is 0 Å². The Kier molecular flexibility index (Phi) is 3.47. The summed E-state index contributed by atoms with van der Waals surface area (Å²) in [6.07, 6.45) is 1.16. The number of carbonyl (C=O) groups excluding carboxylic acids is 1. The van der Waals surface area contributed by atoms with Gasteiger partial charge in [-0.05, 0) is 33.6 Å². The highest BCUT2D eigenvalue weighted by Gasteiger charge is 2.61. The van der Waals surface area contributed by atoms with Crippen LogP contribution in [0.2, 0.25) is 0 Å². The Balaban J connectivity index is 2.06. The second-order valence-electron chi connectivity index (χ2n) is 6.27. The van der Waals surface area contributed by atoms with Crippen molar-refractivity contribution in [3.05, 3.63) is 0 Å². The van der Waals surface area contributed by atoms with E-state index in [0.29, 0.717) is 13.0 Å². The minimum absolute atomic E-state index is 0.0558. The minimum Gasteiger partial charge on any atom is -0.479 e. The quantitative estimate of drug-likeness (QED) is 0.795. The Morgan fingerprint density at radius 1 is 1.42 bits per heavy atom. The first-order valence-corrected chi connectivity index (χ1v) is 6.61. The Bertz CT molecular complexity index is 389. The zero-order valence-corrected chi connectivity index (χ0v) is 11.6. The number of rotatable bonds is 2. The molecule has 2 N–H and O–H groups in total. The molecule has 0 bridgehead atoms. The third-order valence-electron chi connectivity index (χ3n) is 3.70. The van der Waals surface area contributed by atoms with E-state index in [2.05, 4.69) is 5.32 Å². The Hall–Kier alpha value is -1.30. The summed E-state index contributed by atoms with van der Waals surface area (Å²) < 4.78 is 10.7. The van der Waals surface area contributed by atoms with E-state index in [4.69, 9.17) is 9.47 Å². The van der Waals surface area contributed by atoms with Gasteiger partial charge in [0.1, 0.15) is 11.1 Å². The van der Waals surface area contributed by atoms with Crippen LogP contribution in [-0.4, -0.2) is 41.0 Å². The molecule has 2 aliphatic rings. The first kappa shape index (κ1) is 14.1. The Labute approximate surface area is 112 Å².